The van der Waals surface area contributed by atoms with Crippen molar-refractivity contribution in [3.05, 3.63) is 76.4 Å². The fraction of sp³-hybridized carbons (Fsp3) is 0.292. The fourth-order valence-electron chi connectivity index (χ4n) is 3.95. The van der Waals surface area contributed by atoms with Crippen molar-refractivity contribution in [2.45, 2.75) is 39.1 Å². The van der Waals surface area contributed by atoms with E-state index in [1.807, 2.05) is 0 Å². The van der Waals surface area contributed by atoms with Gasteiger partial charge in [0.2, 0.25) is 5.91 Å². The van der Waals surface area contributed by atoms with Gasteiger partial charge in [0, 0.05) is 36.8 Å². The van der Waals surface area contributed by atoms with E-state index in [0.717, 1.165) is 24.2 Å². The van der Waals surface area contributed by atoms with Crippen molar-refractivity contribution < 1.29 is 31.9 Å². The molecule has 0 spiro atoms. The Labute approximate surface area is 198 Å². The van der Waals surface area contributed by atoms with Crippen LogP contribution < -0.4 is 10.5 Å². The maximum atomic E-state index is 13.5. The quantitative estimate of drug-likeness (QED) is 0.549. The third-order valence-corrected chi connectivity index (χ3v) is 5.91. The fourth-order valence-corrected chi connectivity index (χ4v) is 3.95. The van der Waals surface area contributed by atoms with Gasteiger partial charge in [0.05, 0.1) is 16.9 Å². The number of amides is 2. The van der Waals surface area contributed by atoms with Gasteiger partial charge in [-0.3, -0.25) is 9.59 Å². The van der Waals surface area contributed by atoms with Crippen LogP contribution in [-0.4, -0.2) is 45.3 Å². The molecule has 0 saturated heterocycles. The zero-order valence-electron chi connectivity index (χ0n) is 18.9. The predicted octanol–water partition coefficient (Wildman–Crippen LogP) is 3.95. The molecule has 2 heterocycles. The average Bonchev–Trinajstić information content (AvgIpc) is 3.22. The summed E-state index contributed by atoms with van der Waals surface area (Å²) in [5.41, 5.74) is 7.54. The lowest BCUT2D eigenvalue weighted by molar-refractivity contribution is -0.189. The van der Waals surface area contributed by atoms with Crippen LogP contribution >= 0.6 is 0 Å². The summed E-state index contributed by atoms with van der Waals surface area (Å²) in [6.45, 7) is 2.67. The van der Waals surface area contributed by atoms with Crippen LogP contribution in [0.5, 0.6) is 5.75 Å². The van der Waals surface area contributed by atoms with Crippen LogP contribution in [0.3, 0.4) is 0 Å². The van der Waals surface area contributed by atoms with Crippen LogP contribution in [-0.2, 0) is 13.0 Å². The third kappa shape index (κ3) is 4.84. The highest BCUT2D eigenvalue weighted by molar-refractivity contribution is 6.03. The number of rotatable bonds is 5. The minimum absolute atomic E-state index is 0.0159. The molecule has 0 bridgehead atoms. The van der Waals surface area contributed by atoms with Crippen molar-refractivity contribution in [3.63, 3.8) is 0 Å². The van der Waals surface area contributed by atoms with Gasteiger partial charge in [-0.2, -0.15) is 18.3 Å². The molecule has 2 aromatic carbocycles. The molecule has 0 aliphatic carbocycles. The van der Waals surface area contributed by atoms with E-state index in [1.54, 1.807) is 23.0 Å². The number of nitrogens with two attached hydrogens (primary N) is 1. The van der Waals surface area contributed by atoms with E-state index in [1.165, 1.54) is 30.0 Å². The van der Waals surface area contributed by atoms with Crippen molar-refractivity contribution in [2.24, 2.45) is 5.73 Å². The molecule has 7 nitrogen and oxygen atoms in total. The normalized spacial score (nSPS) is 14.4. The highest BCUT2D eigenvalue weighted by atomic mass is 19.4. The molecule has 2 N–H and O–H groups in total. The molecular weight excluding hydrogens is 468 g/mol. The summed E-state index contributed by atoms with van der Waals surface area (Å²) in [6, 6.07) is 8.16. The molecule has 11 heteroatoms. The van der Waals surface area contributed by atoms with E-state index in [4.69, 9.17) is 10.5 Å². The van der Waals surface area contributed by atoms with E-state index in [0.29, 0.717) is 12.1 Å². The summed E-state index contributed by atoms with van der Waals surface area (Å²) in [4.78, 5) is 26.8. The molecular formula is C24H22F4N4O3. The Balaban J connectivity index is 1.66. The summed E-state index contributed by atoms with van der Waals surface area (Å²) in [6.07, 6.45) is -4.70. The van der Waals surface area contributed by atoms with E-state index < -0.39 is 24.1 Å². The summed E-state index contributed by atoms with van der Waals surface area (Å²) >= 11 is 0. The van der Waals surface area contributed by atoms with E-state index >= 15 is 0 Å². The third-order valence-electron chi connectivity index (χ3n) is 5.91. The minimum atomic E-state index is -4.65. The number of fused-ring (bicyclic) bond motifs is 1. The number of aromatic nitrogens is 2. The van der Waals surface area contributed by atoms with Crippen molar-refractivity contribution in [3.8, 4) is 11.4 Å². The summed E-state index contributed by atoms with van der Waals surface area (Å²) in [5, 5.41) is 4.50. The Kier molecular flexibility index (Phi) is 6.27. The first kappa shape index (κ1) is 24.2. The lowest BCUT2D eigenvalue weighted by Crippen LogP contribution is -2.37. The van der Waals surface area contributed by atoms with E-state index in [2.05, 4.69) is 5.10 Å². The van der Waals surface area contributed by atoms with Crippen LogP contribution in [0.15, 0.2) is 42.6 Å². The highest BCUT2D eigenvalue weighted by Gasteiger charge is 2.39. The summed E-state index contributed by atoms with van der Waals surface area (Å²) < 4.78 is 59.3. The first-order chi connectivity index (χ1) is 16.5. The second kappa shape index (κ2) is 9.05. The smallest absolute Gasteiger partial charge is 0.425 e. The summed E-state index contributed by atoms with van der Waals surface area (Å²) in [5.74, 6) is -2.06. The maximum absolute atomic E-state index is 13.5. The second-order valence-electron chi connectivity index (χ2n) is 8.28. The van der Waals surface area contributed by atoms with Gasteiger partial charge in [-0.15, -0.1) is 0 Å². The molecule has 3 aromatic rings. The average molecular weight is 490 g/mol. The van der Waals surface area contributed by atoms with Crippen molar-refractivity contribution >= 4 is 11.8 Å². The molecule has 1 unspecified atom stereocenters. The lowest BCUT2D eigenvalue weighted by atomic mass is 9.98. The molecule has 1 aliphatic heterocycles. The van der Waals surface area contributed by atoms with Gasteiger partial charge in [-0.25, -0.2) is 9.07 Å². The zero-order chi connectivity index (χ0) is 25.5. The first-order valence-electron chi connectivity index (χ1n) is 10.7. The Morgan fingerprint density at radius 3 is 2.46 bits per heavy atom. The van der Waals surface area contributed by atoms with Gasteiger partial charge >= 0.3 is 6.18 Å². The second-order valence-corrected chi connectivity index (χ2v) is 8.28. The predicted molar refractivity (Wildman–Crippen MR) is 118 cm³/mol. The van der Waals surface area contributed by atoms with Gasteiger partial charge < -0.3 is 15.4 Å². The van der Waals surface area contributed by atoms with Crippen molar-refractivity contribution in [1.82, 2.24) is 14.7 Å². The Bertz CT molecular complexity index is 1290. The molecule has 0 radical (unpaired) electrons. The lowest BCUT2D eigenvalue weighted by Gasteiger charge is -2.28. The molecule has 0 fully saturated rings. The molecule has 1 aromatic heterocycles. The van der Waals surface area contributed by atoms with Gasteiger partial charge in [-0.05, 0) is 55.8 Å². The van der Waals surface area contributed by atoms with Gasteiger partial charge in [0.15, 0.2) is 6.10 Å². The number of benzene rings is 2. The van der Waals surface area contributed by atoms with Crippen molar-refractivity contribution in [1.29, 1.82) is 0 Å². The Hall–Kier alpha value is -3.89. The van der Waals surface area contributed by atoms with Crippen molar-refractivity contribution in [2.75, 3.05) is 6.54 Å². The molecule has 4 rings (SSSR count). The largest absolute Gasteiger partial charge is 0.480 e. The molecule has 35 heavy (non-hydrogen) atoms. The SMILES string of the molecule is Cc1c(C(N)=O)ccc(OC(C)C(F)(F)F)c1C(=O)N1CCc2nn(-c3ccc(F)cc3)cc2C1. The number of hydrogen-bond acceptors (Lipinski definition) is 4. The molecule has 184 valence electrons. The van der Waals surface area contributed by atoms with E-state index in [9.17, 15) is 27.2 Å². The number of primary amides is 1. The maximum Gasteiger partial charge on any atom is 0.425 e. The standard InChI is InChI=1S/C24H22F4N4O3/c1-13-18(22(29)33)7-8-20(35-14(2)24(26,27)28)21(13)23(34)31-10-9-19-15(11-31)12-32(30-19)17-5-3-16(25)4-6-17/h3-8,12,14H,9-11H2,1-2H3,(H2,29,33). The van der Waals surface area contributed by atoms with Gasteiger partial charge in [-0.1, -0.05) is 0 Å². The topological polar surface area (TPSA) is 90.5 Å². The van der Waals surface area contributed by atoms with Crippen LogP contribution in [0, 0.1) is 12.7 Å². The van der Waals surface area contributed by atoms with Gasteiger partial charge in [0.25, 0.3) is 5.91 Å². The number of alkyl halides is 3. The minimum Gasteiger partial charge on any atom is -0.480 e. The number of ether oxygens (including phenoxy) is 1. The van der Waals surface area contributed by atoms with Crippen LogP contribution in [0.4, 0.5) is 17.6 Å². The molecule has 1 aliphatic rings. The number of carbonyl (C=O) groups excluding carboxylic acids is 2. The Morgan fingerprint density at radius 1 is 1.14 bits per heavy atom. The monoisotopic (exact) mass is 490 g/mol. The Morgan fingerprint density at radius 2 is 1.83 bits per heavy atom. The van der Waals surface area contributed by atoms with Crippen LogP contribution in [0.1, 0.15) is 44.5 Å². The highest BCUT2D eigenvalue weighted by Crippen LogP contribution is 2.32. The first-order valence-corrected chi connectivity index (χ1v) is 10.7. The number of halogens is 4. The van der Waals surface area contributed by atoms with Crippen LogP contribution in [0.25, 0.3) is 5.69 Å². The number of hydrogen-bond donors (Lipinski definition) is 1. The number of nitrogens with zero attached hydrogens (tertiary/aromatic N) is 3. The summed E-state index contributed by atoms with van der Waals surface area (Å²) in [7, 11) is 0. The zero-order valence-corrected chi connectivity index (χ0v) is 18.9. The molecule has 1 atom stereocenters. The molecule has 0 saturated carbocycles. The van der Waals surface area contributed by atoms with Gasteiger partial charge in [0.1, 0.15) is 11.6 Å². The van der Waals surface area contributed by atoms with E-state index in [-0.39, 0.29) is 41.3 Å². The number of carbonyl (C=O) groups is 2. The van der Waals surface area contributed by atoms with Crippen LogP contribution in [0.2, 0.25) is 0 Å². The molecule has 2 amide bonds.